The van der Waals surface area contributed by atoms with Gasteiger partial charge in [-0.3, -0.25) is 0 Å². The summed E-state index contributed by atoms with van der Waals surface area (Å²) in [6, 6.07) is 18.3. The highest BCUT2D eigenvalue weighted by Gasteiger charge is 2.04. The molecule has 0 bridgehead atoms. The first kappa shape index (κ1) is 15.2. The van der Waals surface area contributed by atoms with Crippen molar-refractivity contribution < 1.29 is 0 Å². The molecule has 0 aliphatic rings. The van der Waals surface area contributed by atoms with Gasteiger partial charge in [0.05, 0.1) is 4.88 Å². The summed E-state index contributed by atoms with van der Waals surface area (Å²) in [6.07, 6.45) is 2.88. The van der Waals surface area contributed by atoms with Crippen molar-refractivity contribution in [1.29, 1.82) is 0 Å². The molecule has 2 nitrogen and oxygen atoms in total. The molecule has 0 amide bonds. The van der Waals surface area contributed by atoms with Gasteiger partial charge in [0, 0.05) is 17.8 Å². The van der Waals surface area contributed by atoms with Crippen LogP contribution in [0.15, 0.2) is 60.8 Å². The molecule has 3 aromatic rings. The second-order valence-electron chi connectivity index (χ2n) is 5.00. The van der Waals surface area contributed by atoms with E-state index in [1.54, 1.807) is 11.3 Å². The quantitative estimate of drug-likeness (QED) is 0.658. The van der Waals surface area contributed by atoms with Gasteiger partial charge in [-0.1, -0.05) is 60.1 Å². The Morgan fingerprint density at radius 2 is 1.77 bits per heavy atom. The Morgan fingerprint density at radius 1 is 1.00 bits per heavy atom. The number of thiazole rings is 1. The standard InChI is InChI=1S/C18H17ClN2S/c19-16-9-5-4-6-14(16)10-11-20-13-18-21-12-17(22-18)15-7-2-1-3-8-15/h1-9,12,20H,10-11,13H2. The summed E-state index contributed by atoms with van der Waals surface area (Å²) in [6.45, 7) is 1.69. The molecule has 0 spiro atoms. The maximum Gasteiger partial charge on any atom is 0.107 e. The molecule has 0 unspecified atom stereocenters. The van der Waals surface area contributed by atoms with Crippen LogP contribution >= 0.6 is 22.9 Å². The van der Waals surface area contributed by atoms with Crippen LogP contribution < -0.4 is 5.32 Å². The summed E-state index contributed by atoms with van der Waals surface area (Å²) in [5.74, 6) is 0. The Bertz CT molecular complexity index is 725. The zero-order chi connectivity index (χ0) is 15.2. The third-order valence-electron chi connectivity index (χ3n) is 3.42. The third-order valence-corrected chi connectivity index (χ3v) is 4.83. The largest absolute Gasteiger partial charge is 0.310 e. The maximum absolute atomic E-state index is 6.15. The Morgan fingerprint density at radius 3 is 2.59 bits per heavy atom. The van der Waals surface area contributed by atoms with E-state index in [1.807, 2.05) is 30.5 Å². The molecule has 0 atom stereocenters. The minimum absolute atomic E-state index is 0.794. The van der Waals surface area contributed by atoms with Crippen LogP contribution in [0, 0.1) is 0 Å². The van der Waals surface area contributed by atoms with E-state index in [0.29, 0.717) is 0 Å². The smallest absolute Gasteiger partial charge is 0.107 e. The van der Waals surface area contributed by atoms with Crippen molar-refractivity contribution in [3.8, 4) is 10.4 Å². The van der Waals surface area contributed by atoms with Crippen LogP contribution in [0.3, 0.4) is 0 Å². The summed E-state index contributed by atoms with van der Waals surface area (Å²) in [4.78, 5) is 5.70. The monoisotopic (exact) mass is 328 g/mol. The first-order valence-electron chi connectivity index (χ1n) is 7.27. The number of aromatic nitrogens is 1. The summed E-state index contributed by atoms with van der Waals surface area (Å²) in [5.41, 5.74) is 2.41. The summed E-state index contributed by atoms with van der Waals surface area (Å²) >= 11 is 7.89. The van der Waals surface area contributed by atoms with Gasteiger partial charge in [-0.2, -0.15) is 0 Å². The lowest BCUT2D eigenvalue weighted by Crippen LogP contribution is -2.16. The number of nitrogens with one attached hydrogen (secondary N) is 1. The Kier molecular flexibility index (Phi) is 5.22. The molecular formula is C18H17ClN2S. The lowest BCUT2D eigenvalue weighted by Gasteiger charge is -2.04. The first-order valence-corrected chi connectivity index (χ1v) is 8.46. The Balaban J connectivity index is 1.51. The molecule has 1 N–H and O–H groups in total. The predicted molar refractivity (Wildman–Crippen MR) is 94.4 cm³/mol. The lowest BCUT2D eigenvalue weighted by atomic mass is 10.1. The van der Waals surface area contributed by atoms with E-state index < -0.39 is 0 Å². The molecule has 1 aromatic heterocycles. The number of rotatable bonds is 6. The van der Waals surface area contributed by atoms with Gasteiger partial charge in [-0.05, 0) is 30.2 Å². The predicted octanol–water partition coefficient (Wildman–Crippen LogP) is 4.80. The molecule has 2 aromatic carbocycles. The summed E-state index contributed by atoms with van der Waals surface area (Å²) < 4.78 is 0. The van der Waals surface area contributed by atoms with Crippen molar-refractivity contribution in [1.82, 2.24) is 10.3 Å². The molecule has 0 aliphatic carbocycles. The molecule has 0 radical (unpaired) electrons. The van der Waals surface area contributed by atoms with Crippen LogP contribution in [0.5, 0.6) is 0 Å². The highest BCUT2D eigenvalue weighted by Crippen LogP contribution is 2.25. The van der Waals surface area contributed by atoms with E-state index in [-0.39, 0.29) is 0 Å². The van der Waals surface area contributed by atoms with Crippen LogP contribution in [0.4, 0.5) is 0 Å². The number of halogens is 1. The van der Waals surface area contributed by atoms with Gasteiger partial charge in [0.1, 0.15) is 5.01 Å². The van der Waals surface area contributed by atoms with Crippen molar-refractivity contribution >= 4 is 22.9 Å². The van der Waals surface area contributed by atoms with Gasteiger partial charge in [-0.25, -0.2) is 4.98 Å². The first-order chi connectivity index (χ1) is 10.8. The minimum atomic E-state index is 0.794. The fraction of sp³-hybridized carbons (Fsp3) is 0.167. The zero-order valence-electron chi connectivity index (χ0n) is 12.1. The SMILES string of the molecule is Clc1ccccc1CCNCc1ncc(-c2ccccc2)s1. The fourth-order valence-electron chi connectivity index (χ4n) is 2.25. The van der Waals surface area contributed by atoms with Gasteiger partial charge >= 0.3 is 0 Å². The van der Waals surface area contributed by atoms with Crippen LogP contribution in [-0.2, 0) is 13.0 Å². The molecule has 22 heavy (non-hydrogen) atoms. The van der Waals surface area contributed by atoms with Crippen molar-refractivity contribution in [3.05, 3.63) is 76.4 Å². The van der Waals surface area contributed by atoms with Gasteiger partial charge in [0.15, 0.2) is 0 Å². The second-order valence-corrected chi connectivity index (χ2v) is 6.52. The second kappa shape index (κ2) is 7.54. The van der Waals surface area contributed by atoms with Crippen LogP contribution in [0.25, 0.3) is 10.4 Å². The Hall–Kier alpha value is -1.68. The van der Waals surface area contributed by atoms with Crippen molar-refractivity contribution in [3.63, 3.8) is 0 Å². The fourth-order valence-corrected chi connectivity index (χ4v) is 3.37. The highest BCUT2D eigenvalue weighted by molar-refractivity contribution is 7.15. The molecule has 1 heterocycles. The van der Waals surface area contributed by atoms with Gasteiger partial charge < -0.3 is 5.32 Å². The van der Waals surface area contributed by atoms with E-state index in [4.69, 9.17) is 11.6 Å². The summed E-state index contributed by atoms with van der Waals surface area (Å²) in [7, 11) is 0. The lowest BCUT2D eigenvalue weighted by molar-refractivity contribution is 0.684. The average Bonchev–Trinajstić information content (AvgIpc) is 3.03. The number of benzene rings is 2. The van der Waals surface area contributed by atoms with E-state index in [1.165, 1.54) is 16.0 Å². The van der Waals surface area contributed by atoms with Gasteiger partial charge in [0.25, 0.3) is 0 Å². The molecule has 0 aliphatic heterocycles. The molecule has 4 heteroatoms. The number of hydrogen-bond donors (Lipinski definition) is 1. The Labute approximate surface area is 139 Å². The highest BCUT2D eigenvalue weighted by atomic mass is 35.5. The van der Waals surface area contributed by atoms with Gasteiger partial charge in [0.2, 0.25) is 0 Å². The van der Waals surface area contributed by atoms with Crippen molar-refractivity contribution in [2.24, 2.45) is 0 Å². The van der Waals surface area contributed by atoms with Gasteiger partial charge in [-0.15, -0.1) is 11.3 Å². The van der Waals surface area contributed by atoms with Crippen LogP contribution in [0.1, 0.15) is 10.6 Å². The van der Waals surface area contributed by atoms with E-state index in [0.717, 1.165) is 29.5 Å². The molecule has 0 saturated carbocycles. The topological polar surface area (TPSA) is 24.9 Å². The van der Waals surface area contributed by atoms with Crippen molar-refractivity contribution in [2.45, 2.75) is 13.0 Å². The molecule has 112 valence electrons. The zero-order valence-corrected chi connectivity index (χ0v) is 13.7. The summed E-state index contributed by atoms with van der Waals surface area (Å²) in [5, 5.41) is 5.38. The maximum atomic E-state index is 6.15. The normalized spacial score (nSPS) is 10.8. The molecule has 0 fully saturated rings. The van der Waals surface area contributed by atoms with Crippen LogP contribution in [-0.4, -0.2) is 11.5 Å². The van der Waals surface area contributed by atoms with E-state index >= 15 is 0 Å². The minimum Gasteiger partial charge on any atom is -0.310 e. The average molecular weight is 329 g/mol. The molecule has 3 rings (SSSR count). The van der Waals surface area contributed by atoms with E-state index in [9.17, 15) is 0 Å². The number of nitrogens with zero attached hydrogens (tertiary/aromatic N) is 1. The van der Waals surface area contributed by atoms with Crippen LogP contribution in [0.2, 0.25) is 5.02 Å². The molecule has 0 saturated heterocycles. The van der Waals surface area contributed by atoms with Crippen molar-refractivity contribution in [2.75, 3.05) is 6.54 Å². The third kappa shape index (κ3) is 3.95. The molecular weight excluding hydrogens is 312 g/mol. The number of hydrogen-bond acceptors (Lipinski definition) is 3. The van der Waals surface area contributed by atoms with E-state index in [2.05, 4.69) is 40.6 Å².